The second-order valence-corrected chi connectivity index (χ2v) is 6.52. The zero-order valence-electron chi connectivity index (χ0n) is 13.3. The Hall–Kier alpha value is -1.87. The minimum Gasteiger partial charge on any atom is -0.301 e. The Bertz CT molecular complexity index is 850. The molecule has 1 aliphatic rings. The molecule has 0 spiro atoms. The molecule has 134 valence electrons. The van der Waals surface area contributed by atoms with Crippen LogP contribution in [-0.4, -0.2) is 27.7 Å². The molecular weight excluding hydrogens is 358 g/mol. The largest absolute Gasteiger partial charge is 0.416 e. The summed E-state index contributed by atoms with van der Waals surface area (Å²) in [4.78, 5) is 20.7. The molecule has 4 nitrogen and oxygen atoms in total. The number of rotatable bonds is 3. The number of hydrogen-bond acceptors (Lipinski definition) is 4. The van der Waals surface area contributed by atoms with Crippen LogP contribution in [0, 0.1) is 5.82 Å². The van der Waals surface area contributed by atoms with Gasteiger partial charge in [0.05, 0.1) is 16.8 Å². The predicted octanol–water partition coefficient (Wildman–Crippen LogP) is 3.21. The van der Waals surface area contributed by atoms with Gasteiger partial charge in [-0.05, 0) is 18.4 Å². The number of benzene rings is 1. The molecule has 3 rings (SSSR count). The van der Waals surface area contributed by atoms with Crippen molar-refractivity contribution < 1.29 is 17.6 Å². The third-order valence-electron chi connectivity index (χ3n) is 4.13. The van der Waals surface area contributed by atoms with E-state index in [4.69, 9.17) is 0 Å². The summed E-state index contributed by atoms with van der Waals surface area (Å²) in [5.74, 6) is -0.898. The summed E-state index contributed by atoms with van der Waals surface area (Å²) in [5.41, 5.74) is -0.613. The maximum absolute atomic E-state index is 14.0. The minimum atomic E-state index is -4.63. The van der Waals surface area contributed by atoms with Crippen LogP contribution >= 0.6 is 11.8 Å². The molecule has 1 aliphatic heterocycles. The molecule has 0 saturated carbocycles. The van der Waals surface area contributed by atoms with Gasteiger partial charge in [0.15, 0.2) is 5.16 Å². The van der Waals surface area contributed by atoms with E-state index in [9.17, 15) is 22.4 Å². The standard InChI is InChI=1S/C16H15F4N3OS/c1-25-15-21-13-5-6-23(8-10(13)14(24)22-15)7-9-11(16(18,19)20)3-2-4-12(9)17/h2-4H,5-8H2,1H3,(H,21,22,24). The highest BCUT2D eigenvalue weighted by molar-refractivity contribution is 7.98. The summed E-state index contributed by atoms with van der Waals surface area (Å²) in [6.45, 7) is 0.325. The van der Waals surface area contributed by atoms with Crippen LogP contribution in [-0.2, 0) is 25.7 Å². The molecule has 1 aromatic heterocycles. The number of nitrogens with one attached hydrogen (secondary N) is 1. The molecule has 1 N–H and O–H groups in total. The molecule has 0 fully saturated rings. The van der Waals surface area contributed by atoms with Gasteiger partial charge in [0, 0.05) is 31.6 Å². The van der Waals surface area contributed by atoms with E-state index < -0.39 is 23.1 Å². The highest BCUT2D eigenvalue weighted by atomic mass is 32.2. The molecule has 2 aromatic rings. The lowest BCUT2D eigenvalue weighted by Gasteiger charge is -2.28. The van der Waals surface area contributed by atoms with Gasteiger partial charge in [-0.2, -0.15) is 13.2 Å². The summed E-state index contributed by atoms with van der Waals surface area (Å²) in [7, 11) is 0. The number of aromatic amines is 1. The van der Waals surface area contributed by atoms with Crippen molar-refractivity contribution >= 4 is 11.8 Å². The van der Waals surface area contributed by atoms with Crippen molar-refractivity contribution in [2.75, 3.05) is 12.8 Å². The fraction of sp³-hybridized carbons (Fsp3) is 0.375. The van der Waals surface area contributed by atoms with Crippen LogP contribution in [0.15, 0.2) is 28.2 Å². The van der Waals surface area contributed by atoms with E-state index in [0.29, 0.717) is 29.4 Å². The van der Waals surface area contributed by atoms with Crippen molar-refractivity contribution in [2.24, 2.45) is 0 Å². The quantitative estimate of drug-likeness (QED) is 0.510. The number of hydrogen-bond donors (Lipinski definition) is 1. The summed E-state index contributed by atoms with van der Waals surface area (Å²) < 4.78 is 53.3. The Morgan fingerprint density at radius 3 is 2.80 bits per heavy atom. The monoisotopic (exact) mass is 373 g/mol. The first-order chi connectivity index (χ1) is 11.8. The second kappa shape index (κ2) is 6.80. The van der Waals surface area contributed by atoms with Gasteiger partial charge in [-0.1, -0.05) is 17.8 Å². The molecule has 2 heterocycles. The lowest BCUT2D eigenvalue weighted by Crippen LogP contribution is -2.36. The smallest absolute Gasteiger partial charge is 0.301 e. The lowest BCUT2D eigenvalue weighted by atomic mass is 10.0. The van der Waals surface area contributed by atoms with Gasteiger partial charge in [-0.3, -0.25) is 9.69 Å². The Kier molecular flexibility index (Phi) is 4.88. The zero-order chi connectivity index (χ0) is 18.2. The van der Waals surface area contributed by atoms with E-state index in [2.05, 4.69) is 9.97 Å². The molecule has 0 aliphatic carbocycles. The Balaban J connectivity index is 1.89. The lowest BCUT2D eigenvalue weighted by molar-refractivity contribution is -0.138. The van der Waals surface area contributed by atoms with Crippen molar-refractivity contribution in [3.05, 3.63) is 56.8 Å². The molecule has 0 amide bonds. The second-order valence-electron chi connectivity index (χ2n) is 5.72. The molecular formula is C16H15F4N3OS. The minimum absolute atomic E-state index is 0.137. The molecule has 25 heavy (non-hydrogen) atoms. The van der Waals surface area contributed by atoms with E-state index >= 15 is 0 Å². The highest BCUT2D eigenvalue weighted by Crippen LogP contribution is 2.34. The zero-order valence-corrected chi connectivity index (χ0v) is 14.1. The van der Waals surface area contributed by atoms with Crippen LogP contribution in [0.2, 0.25) is 0 Å². The van der Waals surface area contributed by atoms with Crippen molar-refractivity contribution in [3.8, 4) is 0 Å². The maximum Gasteiger partial charge on any atom is 0.416 e. The number of alkyl halides is 3. The van der Waals surface area contributed by atoms with Gasteiger partial charge >= 0.3 is 6.18 Å². The van der Waals surface area contributed by atoms with Crippen LogP contribution in [0.3, 0.4) is 0 Å². The van der Waals surface area contributed by atoms with Crippen molar-refractivity contribution in [2.45, 2.75) is 30.8 Å². The number of halogens is 4. The first kappa shape index (κ1) is 17.9. The van der Waals surface area contributed by atoms with Gasteiger partial charge in [-0.25, -0.2) is 9.37 Å². The van der Waals surface area contributed by atoms with Crippen molar-refractivity contribution in [1.29, 1.82) is 0 Å². The third-order valence-corrected chi connectivity index (χ3v) is 4.71. The van der Waals surface area contributed by atoms with Crippen molar-refractivity contribution in [3.63, 3.8) is 0 Å². The highest BCUT2D eigenvalue weighted by Gasteiger charge is 2.35. The van der Waals surface area contributed by atoms with Crippen molar-refractivity contribution in [1.82, 2.24) is 14.9 Å². The van der Waals surface area contributed by atoms with Gasteiger partial charge in [-0.15, -0.1) is 0 Å². The summed E-state index contributed by atoms with van der Waals surface area (Å²) in [5, 5.41) is 0.505. The SMILES string of the molecule is CSc1nc2c(c(=O)[nH]1)CN(Cc1c(F)cccc1C(F)(F)F)CC2. The number of H-pyrrole nitrogens is 1. The van der Waals surface area contributed by atoms with Gasteiger partial charge in [0.1, 0.15) is 5.82 Å². The summed E-state index contributed by atoms with van der Waals surface area (Å²) in [6, 6.07) is 2.93. The fourth-order valence-electron chi connectivity index (χ4n) is 2.90. The van der Waals surface area contributed by atoms with Gasteiger partial charge < -0.3 is 4.98 Å². The average molecular weight is 373 g/mol. The van der Waals surface area contributed by atoms with Gasteiger partial charge in [0.25, 0.3) is 5.56 Å². The Labute approximate surface area is 145 Å². The predicted molar refractivity (Wildman–Crippen MR) is 85.9 cm³/mol. The molecule has 1 aromatic carbocycles. The molecule has 0 saturated heterocycles. The number of nitrogens with zero attached hydrogens (tertiary/aromatic N) is 2. The van der Waals surface area contributed by atoms with Crippen LogP contribution in [0.5, 0.6) is 0 Å². The Morgan fingerprint density at radius 1 is 1.36 bits per heavy atom. The van der Waals surface area contributed by atoms with Crippen LogP contribution in [0.25, 0.3) is 0 Å². The Morgan fingerprint density at radius 2 is 2.12 bits per heavy atom. The molecule has 9 heteroatoms. The number of fused-ring (bicyclic) bond motifs is 1. The summed E-state index contributed by atoms with van der Waals surface area (Å²) >= 11 is 1.31. The van der Waals surface area contributed by atoms with Crippen LogP contribution < -0.4 is 5.56 Å². The first-order valence-corrected chi connectivity index (χ1v) is 8.75. The van der Waals surface area contributed by atoms with Gasteiger partial charge in [0.2, 0.25) is 0 Å². The molecule has 0 radical (unpaired) electrons. The topological polar surface area (TPSA) is 49.0 Å². The molecule has 0 unspecified atom stereocenters. The van der Waals surface area contributed by atoms with E-state index in [-0.39, 0.29) is 18.6 Å². The average Bonchev–Trinajstić information content (AvgIpc) is 2.56. The number of thioether (sulfide) groups is 1. The first-order valence-electron chi connectivity index (χ1n) is 7.52. The molecule has 0 bridgehead atoms. The van der Waals surface area contributed by atoms with Crippen LogP contribution in [0.4, 0.5) is 17.6 Å². The summed E-state index contributed by atoms with van der Waals surface area (Å²) in [6.07, 6.45) is -2.41. The van der Waals surface area contributed by atoms with E-state index in [0.717, 1.165) is 18.2 Å². The van der Waals surface area contributed by atoms with E-state index in [1.165, 1.54) is 11.8 Å². The number of aromatic nitrogens is 2. The normalized spacial score (nSPS) is 15.2. The van der Waals surface area contributed by atoms with E-state index in [1.54, 1.807) is 11.2 Å². The maximum atomic E-state index is 14.0. The van der Waals surface area contributed by atoms with E-state index in [1.807, 2.05) is 0 Å². The van der Waals surface area contributed by atoms with Crippen LogP contribution in [0.1, 0.15) is 22.4 Å². The third kappa shape index (κ3) is 3.72. The molecule has 0 atom stereocenters. The fourth-order valence-corrected chi connectivity index (χ4v) is 3.29.